The van der Waals surface area contributed by atoms with Gasteiger partial charge in [-0.25, -0.2) is 4.79 Å². The van der Waals surface area contributed by atoms with Crippen molar-refractivity contribution in [3.8, 4) is 5.75 Å². The van der Waals surface area contributed by atoms with E-state index in [2.05, 4.69) is 31.1 Å². The second-order valence-electron chi connectivity index (χ2n) is 6.89. The molecule has 3 atom stereocenters. The quantitative estimate of drug-likeness (QED) is 0.871. The van der Waals surface area contributed by atoms with Gasteiger partial charge in [-0.1, -0.05) is 32.0 Å². The van der Waals surface area contributed by atoms with E-state index in [0.717, 1.165) is 31.7 Å². The summed E-state index contributed by atoms with van der Waals surface area (Å²) in [5, 5.41) is 3.11. The fourth-order valence-corrected chi connectivity index (χ4v) is 3.32. The summed E-state index contributed by atoms with van der Waals surface area (Å²) in [5.74, 6) is 1.32. The molecule has 0 spiro atoms. The summed E-state index contributed by atoms with van der Waals surface area (Å²) >= 11 is 0. The van der Waals surface area contributed by atoms with Crippen molar-refractivity contribution < 1.29 is 9.53 Å². The van der Waals surface area contributed by atoms with Gasteiger partial charge in [-0.15, -0.1) is 0 Å². The van der Waals surface area contributed by atoms with Crippen LogP contribution in [0.25, 0.3) is 0 Å². The molecule has 1 aliphatic heterocycles. The van der Waals surface area contributed by atoms with Crippen LogP contribution in [0.5, 0.6) is 5.75 Å². The van der Waals surface area contributed by atoms with Gasteiger partial charge in [-0.2, -0.15) is 0 Å². The molecule has 0 radical (unpaired) electrons. The third kappa shape index (κ3) is 5.13. The van der Waals surface area contributed by atoms with Crippen LogP contribution in [-0.4, -0.2) is 61.7 Å². The fraction of sp³-hybridized carbons (Fsp3) is 0.632. The van der Waals surface area contributed by atoms with Crippen molar-refractivity contribution in [1.29, 1.82) is 0 Å². The monoisotopic (exact) mass is 333 g/mol. The molecule has 5 heteroatoms. The Labute approximate surface area is 146 Å². The molecule has 0 unspecified atom stereocenters. The molecule has 0 aliphatic carbocycles. The molecule has 1 aromatic rings. The second kappa shape index (κ2) is 8.92. The molecule has 1 fully saturated rings. The standard InChI is InChI=1S/C19H31N3O2/c1-5-16(14-24-17-9-7-6-8-10-17)20-19(23)22(4)18-11-12-21(3)13-15(18)2/h6-10,15-16,18H,5,11-14H2,1-4H3,(H,20,23)/t15-,16-,18+/m1/s1. The van der Waals surface area contributed by atoms with Gasteiger partial charge in [-0.05, 0) is 44.5 Å². The van der Waals surface area contributed by atoms with E-state index in [9.17, 15) is 4.79 Å². The number of hydrogen-bond donors (Lipinski definition) is 1. The predicted octanol–water partition coefficient (Wildman–Crippen LogP) is 2.83. The topological polar surface area (TPSA) is 44.8 Å². The van der Waals surface area contributed by atoms with E-state index in [1.165, 1.54) is 0 Å². The van der Waals surface area contributed by atoms with Crippen LogP contribution in [0, 0.1) is 5.92 Å². The molecular formula is C19H31N3O2. The first-order valence-electron chi connectivity index (χ1n) is 8.91. The molecule has 134 valence electrons. The van der Waals surface area contributed by atoms with E-state index in [0.29, 0.717) is 18.6 Å². The number of amides is 2. The van der Waals surface area contributed by atoms with E-state index >= 15 is 0 Å². The van der Waals surface area contributed by atoms with Crippen molar-refractivity contribution in [2.45, 2.75) is 38.8 Å². The number of nitrogens with zero attached hydrogens (tertiary/aromatic N) is 2. The van der Waals surface area contributed by atoms with Gasteiger partial charge in [-0.3, -0.25) is 0 Å². The third-order valence-corrected chi connectivity index (χ3v) is 4.90. The van der Waals surface area contributed by atoms with E-state index < -0.39 is 0 Å². The number of hydrogen-bond acceptors (Lipinski definition) is 3. The number of carbonyl (C=O) groups excluding carboxylic acids is 1. The minimum Gasteiger partial charge on any atom is -0.491 e. The molecule has 1 aromatic carbocycles. The highest BCUT2D eigenvalue weighted by Crippen LogP contribution is 2.20. The normalized spacial score (nSPS) is 22.7. The van der Waals surface area contributed by atoms with Crippen LogP contribution >= 0.6 is 0 Å². The van der Waals surface area contributed by atoms with Crippen molar-refractivity contribution in [2.24, 2.45) is 5.92 Å². The van der Waals surface area contributed by atoms with Gasteiger partial charge < -0.3 is 19.9 Å². The summed E-state index contributed by atoms with van der Waals surface area (Å²) in [4.78, 5) is 16.8. The van der Waals surface area contributed by atoms with Gasteiger partial charge in [0.15, 0.2) is 0 Å². The summed E-state index contributed by atoms with van der Waals surface area (Å²) < 4.78 is 5.78. The zero-order chi connectivity index (χ0) is 17.5. The number of urea groups is 1. The summed E-state index contributed by atoms with van der Waals surface area (Å²) in [6.45, 7) is 6.86. The lowest BCUT2D eigenvalue weighted by Crippen LogP contribution is -2.54. The highest BCUT2D eigenvalue weighted by atomic mass is 16.5. The molecule has 24 heavy (non-hydrogen) atoms. The summed E-state index contributed by atoms with van der Waals surface area (Å²) in [7, 11) is 4.05. The molecule has 0 bridgehead atoms. The maximum Gasteiger partial charge on any atom is 0.317 e. The van der Waals surface area contributed by atoms with Gasteiger partial charge in [0.2, 0.25) is 0 Å². The molecule has 1 N–H and O–H groups in total. The molecule has 5 nitrogen and oxygen atoms in total. The van der Waals surface area contributed by atoms with Crippen LogP contribution in [-0.2, 0) is 0 Å². The Morgan fingerprint density at radius 1 is 1.42 bits per heavy atom. The first-order chi connectivity index (χ1) is 11.5. The number of benzene rings is 1. The van der Waals surface area contributed by atoms with Crippen LogP contribution in [0.4, 0.5) is 4.79 Å². The Morgan fingerprint density at radius 2 is 2.12 bits per heavy atom. The van der Waals surface area contributed by atoms with E-state index in [4.69, 9.17) is 4.74 Å². The van der Waals surface area contributed by atoms with Gasteiger partial charge >= 0.3 is 6.03 Å². The first kappa shape index (κ1) is 18.6. The van der Waals surface area contributed by atoms with Crippen LogP contribution in [0.2, 0.25) is 0 Å². The Morgan fingerprint density at radius 3 is 2.75 bits per heavy atom. The summed E-state index contributed by atoms with van der Waals surface area (Å²) in [6, 6.07) is 10.0. The molecule has 0 saturated carbocycles. The smallest absolute Gasteiger partial charge is 0.317 e. The van der Waals surface area contributed by atoms with E-state index in [1.54, 1.807) is 0 Å². The minimum atomic E-state index is -0.0000789. The Hall–Kier alpha value is -1.75. The molecular weight excluding hydrogens is 302 g/mol. The Bertz CT molecular complexity index is 509. The summed E-state index contributed by atoms with van der Waals surface area (Å²) in [5.41, 5.74) is 0. The van der Waals surface area contributed by atoms with Crippen molar-refractivity contribution in [3.63, 3.8) is 0 Å². The van der Waals surface area contributed by atoms with Crippen molar-refractivity contribution >= 4 is 6.03 Å². The minimum absolute atomic E-state index is 0.0000789. The highest BCUT2D eigenvalue weighted by Gasteiger charge is 2.30. The van der Waals surface area contributed by atoms with Crippen LogP contribution in [0.1, 0.15) is 26.7 Å². The number of carbonyl (C=O) groups is 1. The molecule has 2 rings (SSSR count). The average molecular weight is 333 g/mol. The van der Waals surface area contributed by atoms with Gasteiger partial charge in [0.1, 0.15) is 12.4 Å². The SMILES string of the molecule is CC[C@H](COc1ccccc1)NC(=O)N(C)[C@H]1CCN(C)C[C@H]1C. The Kier molecular flexibility index (Phi) is 6.91. The lowest BCUT2D eigenvalue weighted by Gasteiger charge is -2.40. The zero-order valence-electron chi connectivity index (χ0n) is 15.4. The molecule has 0 aromatic heterocycles. The molecule has 1 aliphatic rings. The van der Waals surface area contributed by atoms with Crippen molar-refractivity contribution in [3.05, 3.63) is 30.3 Å². The maximum absolute atomic E-state index is 12.6. The van der Waals surface area contributed by atoms with Gasteiger partial charge in [0.25, 0.3) is 0 Å². The van der Waals surface area contributed by atoms with Crippen LogP contribution in [0.3, 0.4) is 0 Å². The van der Waals surface area contributed by atoms with E-state index in [1.807, 2.05) is 42.3 Å². The number of likely N-dealkylation sites (tertiary alicyclic amines) is 1. The van der Waals surface area contributed by atoms with Crippen molar-refractivity contribution in [1.82, 2.24) is 15.1 Å². The predicted molar refractivity (Wildman–Crippen MR) is 97.4 cm³/mol. The summed E-state index contributed by atoms with van der Waals surface area (Å²) in [6.07, 6.45) is 1.87. The second-order valence-corrected chi connectivity index (χ2v) is 6.89. The van der Waals surface area contributed by atoms with Gasteiger partial charge in [0.05, 0.1) is 6.04 Å². The number of nitrogens with one attached hydrogen (secondary N) is 1. The van der Waals surface area contributed by atoms with Gasteiger partial charge in [0, 0.05) is 19.6 Å². The van der Waals surface area contributed by atoms with Crippen molar-refractivity contribution in [2.75, 3.05) is 33.8 Å². The molecule has 2 amide bonds. The Balaban J connectivity index is 1.84. The molecule has 1 saturated heterocycles. The first-order valence-corrected chi connectivity index (χ1v) is 8.91. The number of para-hydroxylation sites is 1. The third-order valence-electron chi connectivity index (χ3n) is 4.90. The number of ether oxygens (including phenoxy) is 1. The van der Waals surface area contributed by atoms with Crippen LogP contribution < -0.4 is 10.1 Å². The lowest BCUT2D eigenvalue weighted by molar-refractivity contribution is 0.104. The zero-order valence-corrected chi connectivity index (χ0v) is 15.4. The highest BCUT2D eigenvalue weighted by molar-refractivity contribution is 5.74. The number of rotatable bonds is 6. The lowest BCUT2D eigenvalue weighted by atomic mass is 9.93. The van der Waals surface area contributed by atoms with E-state index in [-0.39, 0.29) is 12.1 Å². The van der Waals surface area contributed by atoms with Crippen LogP contribution in [0.15, 0.2) is 30.3 Å². The average Bonchev–Trinajstić information content (AvgIpc) is 2.58. The maximum atomic E-state index is 12.6. The largest absolute Gasteiger partial charge is 0.491 e. The molecule has 1 heterocycles. The number of piperidine rings is 1. The fourth-order valence-electron chi connectivity index (χ4n) is 3.32.